The Balaban J connectivity index is 2.50. The smallest absolute Gasteiger partial charge is 0.142 e. The summed E-state index contributed by atoms with van der Waals surface area (Å²) in [6, 6.07) is 4.39. The van der Waals surface area contributed by atoms with E-state index in [1.54, 1.807) is 6.07 Å². The van der Waals surface area contributed by atoms with Crippen molar-refractivity contribution in [1.29, 1.82) is 0 Å². The van der Waals surface area contributed by atoms with Crippen LogP contribution in [0.15, 0.2) is 18.2 Å². The molecule has 0 radical (unpaired) electrons. The number of nitrogens with one attached hydrogen (secondary N) is 1. The summed E-state index contributed by atoms with van der Waals surface area (Å²) in [5.41, 5.74) is 0.505. The Morgan fingerprint density at radius 3 is 2.53 bits per heavy atom. The number of halogens is 3. The van der Waals surface area contributed by atoms with Crippen molar-refractivity contribution in [2.45, 2.75) is 38.9 Å². The van der Waals surface area contributed by atoms with Crippen molar-refractivity contribution in [3.63, 3.8) is 0 Å². The van der Waals surface area contributed by atoms with E-state index in [1.165, 1.54) is 12.1 Å². The van der Waals surface area contributed by atoms with Crippen LogP contribution in [0.5, 0.6) is 0 Å². The van der Waals surface area contributed by atoms with Crippen LogP contribution in [-0.4, -0.2) is 18.3 Å². The quantitative estimate of drug-likeness (QED) is 0.871. The third-order valence-electron chi connectivity index (χ3n) is 2.30. The molecule has 1 nitrogen and oxygen atoms in total. The molecule has 96 valence electrons. The molecule has 1 unspecified atom stereocenters. The minimum Gasteiger partial charge on any atom is -0.309 e. The average Bonchev–Trinajstić information content (AvgIpc) is 2.20. The van der Waals surface area contributed by atoms with Crippen molar-refractivity contribution in [3.05, 3.63) is 34.6 Å². The molecule has 0 saturated heterocycles. The molecule has 4 heteroatoms. The molecule has 0 saturated carbocycles. The van der Waals surface area contributed by atoms with Crippen molar-refractivity contribution < 1.29 is 8.78 Å². The highest BCUT2D eigenvalue weighted by Gasteiger charge is 2.14. The Morgan fingerprint density at radius 2 is 2.00 bits per heavy atom. The predicted octanol–water partition coefficient (Wildman–Crippen LogP) is 3.75. The van der Waals surface area contributed by atoms with E-state index in [2.05, 4.69) is 5.32 Å². The molecule has 0 aromatic heterocycles. The van der Waals surface area contributed by atoms with E-state index in [1.807, 2.05) is 20.8 Å². The maximum absolute atomic E-state index is 13.6. The van der Waals surface area contributed by atoms with Gasteiger partial charge in [0, 0.05) is 18.5 Å². The van der Waals surface area contributed by atoms with Crippen LogP contribution in [0.4, 0.5) is 8.78 Å². The van der Waals surface area contributed by atoms with Gasteiger partial charge in [-0.1, -0.05) is 17.7 Å². The van der Waals surface area contributed by atoms with E-state index < -0.39 is 12.0 Å². The van der Waals surface area contributed by atoms with Crippen LogP contribution in [0, 0.1) is 5.82 Å². The minimum atomic E-state index is -1.03. The third-order valence-corrected chi connectivity index (χ3v) is 2.60. The first kappa shape index (κ1) is 14.4. The molecule has 0 aliphatic carbocycles. The summed E-state index contributed by atoms with van der Waals surface area (Å²) in [7, 11) is 0. The molecule has 0 amide bonds. The summed E-state index contributed by atoms with van der Waals surface area (Å²) >= 11 is 5.56. The molecule has 1 N–H and O–H groups in total. The van der Waals surface area contributed by atoms with Gasteiger partial charge in [0.05, 0.1) is 5.02 Å². The second-order valence-corrected chi connectivity index (χ2v) is 5.59. The molecule has 0 aliphatic heterocycles. The monoisotopic (exact) mass is 261 g/mol. The van der Waals surface area contributed by atoms with Crippen molar-refractivity contribution in [2.24, 2.45) is 0 Å². The second kappa shape index (κ2) is 5.78. The molecule has 1 aromatic carbocycles. The molecule has 0 heterocycles. The number of rotatable bonds is 4. The number of alkyl halides is 1. The molecular weight excluding hydrogens is 244 g/mol. The fraction of sp³-hybridized carbons (Fsp3) is 0.538. The van der Waals surface area contributed by atoms with Gasteiger partial charge < -0.3 is 5.32 Å². The highest BCUT2D eigenvalue weighted by molar-refractivity contribution is 6.30. The van der Waals surface area contributed by atoms with E-state index in [0.717, 1.165) is 0 Å². The zero-order valence-electron chi connectivity index (χ0n) is 10.4. The fourth-order valence-corrected chi connectivity index (χ4v) is 1.53. The lowest BCUT2D eigenvalue weighted by molar-refractivity contribution is 0.284. The standard InChI is InChI=1S/C13H18ClF2N/c1-13(2,3)17-8-10(15)6-9-4-5-11(14)12(16)7-9/h4-5,7,10,17H,6,8H2,1-3H3. The van der Waals surface area contributed by atoms with Gasteiger partial charge in [0.1, 0.15) is 12.0 Å². The van der Waals surface area contributed by atoms with E-state index in [-0.39, 0.29) is 23.5 Å². The van der Waals surface area contributed by atoms with E-state index >= 15 is 0 Å². The zero-order valence-corrected chi connectivity index (χ0v) is 11.1. The summed E-state index contributed by atoms with van der Waals surface area (Å²) in [5, 5.41) is 3.14. The van der Waals surface area contributed by atoms with Gasteiger partial charge >= 0.3 is 0 Å². The summed E-state index contributed by atoms with van der Waals surface area (Å²) in [6.07, 6.45) is -0.841. The van der Waals surface area contributed by atoms with E-state index in [0.29, 0.717) is 5.56 Å². The van der Waals surface area contributed by atoms with Gasteiger partial charge in [0.15, 0.2) is 0 Å². The van der Waals surface area contributed by atoms with Crippen LogP contribution in [0.25, 0.3) is 0 Å². The summed E-state index contributed by atoms with van der Waals surface area (Å²) in [6.45, 7) is 6.18. The zero-order chi connectivity index (χ0) is 13.1. The lowest BCUT2D eigenvalue weighted by Crippen LogP contribution is -2.40. The molecule has 0 spiro atoms. The first-order chi connectivity index (χ1) is 7.78. The average molecular weight is 262 g/mol. The van der Waals surface area contributed by atoms with Crippen LogP contribution in [0.3, 0.4) is 0 Å². The lowest BCUT2D eigenvalue weighted by atomic mass is 10.1. The van der Waals surface area contributed by atoms with Crippen molar-refractivity contribution in [3.8, 4) is 0 Å². The van der Waals surface area contributed by atoms with Crippen LogP contribution in [0.2, 0.25) is 5.02 Å². The van der Waals surface area contributed by atoms with Gasteiger partial charge in [-0.15, -0.1) is 0 Å². The molecule has 0 fully saturated rings. The number of hydrogen-bond donors (Lipinski definition) is 1. The highest BCUT2D eigenvalue weighted by Crippen LogP contribution is 2.17. The molecular formula is C13H18ClF2N. The molecule has 17 heavy (non-hydrogen) atoms. The van der Waals surface area contributed by atoms with E-state index in [4.69, 9.17) is 11.6 Å². The second-order valence-electron chi connectivity index (χ2n) is 5.18. The Hall–Kier alpha value is -0.670. The van der Waals surface area contributed by atoms with E-state index in [9.17, 15) is 8.78 Å². The Morgan fingerprint density at radius 1 is 1.35 bits per heavy atom. The van der Waals surface area contributed by atoms with Gasteiger partial charge in [-0.25, -0.2) is 8.78 Å². The lowest BCUT2D eigenvalue weighted by Gasteiger charge is -2.22. The Kier molecular flexibility index (Phi) is 4.90. The topological polar surface area (TPSA) is 12.0 Å². The largest absolute Gasteiger partial charge is 0.309 e. The normalized spacial score (nSPS) is 13.8. The maximum Gasteiger partial charge on any atom is 0.142 e. The molecule has 1 aromatic rings. The first-order valence-electron chi connectivity index (χ1n) is 5.61. The van der Waals surface area contributed by atoms with Crippen LogP contribution in [-0.2, 0) is 6.42 Å². The Bertz CT molecular complexity index is 374. The fourth-order valence-electron chi connectivity index (χ4n) is 1.41. The summed E-state index contributed by atoms with van der Waals surface area (Å²) in [4.78, 5) is 0. The van der Waals surface area contributed by atoms with Crippen LogP contribution >= 0.6 is 11.6 Å². The van der Waals surface area contributed by atoms with Crippen LogP contribution in [0.1, 0.15) is 26.3 Å². The summed E-state index contributed by atoms with van der Waals surface area (Å²) < 4.78 is 26.8. The van der Waals surface area contributed by atoms with Crippen LogP contribution < -0.4 is 5.32 Å². The van der Waals surface area contributed by atoms with Gasteiger partial charge in [-0.05, 0) is 38.5 Å². The highest BCUT2D eigenvalue weighted by atomic mass is 35.5. The van der Waals surface area contributed by atoms with Gasteiger partial charge in [-0.3, -0.25) is 0 Å². The van der Waals surface area contributed by atoms with Crippen molar-refractivity contribution in [1.82, 2.24) is 5.32 Å². The predicted molar refractivity (Wildman–Crippen MR) is 67.8 cm³/mol. The van der Waals surface area contributed by atoms with Gasteiger partial charge in [-0.2, -0.15) is 0 Å². The molecule has 1 atom stereocenters. The summed E-state index contributed by atoms with van der Waals surface area (Å²) in [5.74, 6) is -0.500. The molecule has 0 bridgehead atoms. The molecule has 0 aliphatic rings. The maximum atomic E-state index is 13.6. The van der Waals surface area contributed by atoms with Gasteiger partial charge in [0.2, 0.25) is 0 Å². The van der Waals surface area contributed by atoms with Crippen molar-refractivity contribution in [2.75, 3.05) is 6.54 Å². The van der Waals surface area contributed by atoms with Crippen molar-refractivity contribution >= 4 is 11.6 Å². The van der Waals surface area contributed by atoms with Gasteiger partial charge in [0.25, 0.3) is 0 Å². The first-order valence-corrected chi connectivity index (χ1v) is 5.99. The molecule has 1 rings (SSSR count). The number of hydrogen-bond acceptors (Lipinski definition) is 1. The SMILES string of the molecule is CC(C)(C)NCC(F)Cc1ccc(Cl)c(F)c1. The Labute approximate surface area is 106 Å². The number of benzene rings is 1. The third kappa shape index (κ3) is 5.46. The minimum absolute atomic E-state index is 0.0666.